The van der Waals surface area contributed by atoms with Crippen molar-refractivity contribution in [1.82, 2.24) is 5.32 Å². The fraction of sp³-hybridized carbons (Fsp3) is 0.588. The van der Waals surface area contributed by atoms with Gasteiger partial charge in [-0.3, -0.25) is 4.79 Å². The molecule has 3 heteroatoms. The molecule has 3 nitrogen and oxygen atoms in total. The SMILES string of the molecule is CCOCCCNCC(=O)c1ccc2c(c1)CCCC2. The highest BCUT2D eigenvalue weighted by Gasteiger charge is 2.12. The van der Waals surface area contributed by atoms with E-state index in [0.29, 0.717) is 6.54 Å². The summed E-state index contributed by atoms with van der Waals surface area (Å²) in [6.45, 7) is 4.76. The van der Waals surface area contributed by atoms with Crippen LogP contribution in [-0.4, -0.2) is 32.1 Å². The molecule has 0 amide bonds. The van der Waals surface area contributed by atoms with Gasteiger partial charge in [0.05, 0.1) is 6.54 Å². The molecule has 1 aromatic rings. The van der Waals surface area contributed by atoms with Gasteiger partial charge in [0.2, 0.25) is 0 Å². The Balaban J connectivity index is 1.77. The van der Waals surface area contributed by atoms with Gasteiger partial charge >= 0.3 is 0 Å². The summed E-state index contributed by atoms with van der Waals surface area (Å²) in [6, 6.07) is 6.21. The molecule has 1 aliphatic carbocycles. The van der Waals surface area contributed by atoms with E-state index in [1.54, 1.807) is 0 Å². The average Bonchev–Trinajstić information content (AvgIpc) is 2.50. The summed E-state index contributed by atoms with van der Waals surface area (Å²) in [5.41, 5.74) is 3.65. The van der Waals surface area contributed by atoms with Crippen LogP contribution in [0.3, 0.4) is 0 Å². The van der Waals surface area contributed by atoms with Crippen LogP contribution in [0.4, 0.5) is 0 Å². The third-order valence-electron chi connectivity index (χ3n) is 3.80. The molecule has 2 rings (SSSR count). The Bertz CT molecular complexity index is 443. The molecule has 20 heavy (non-hydrogen) atoms. The lowest BCUT2D eigenvalue weighted by Crippen LogP contribution is -2.25. The lowest BCUT2D eigenvalue weighted by molar-refractivity contribution is 0.0988. The standard InChI is InChI=1S/C17H25NO2/c1-2-20-11-5-10-18-13-17(19)16-9-8-14-6-3-4-7-15(14)12-16/h8-9,12,18H,2-7,10-11,13H2,1H3. The summed E-state index contributed by atoms with van der Waals surface area (Å²) >= 11 is 0. The van der Waals surface area contributed by atoms with Crippen LogP contribution in [-0.2, 0) is 17.6 Å². The van der Waals surface area contributed by atoms with Crippen molar-refractivity contribution in [1.29, 1.82) is 0 Å². The molecule has 0 radical (unpaired) electrons. The Morgan fingerprint density at radius 3 is 2.85 bits per heavy atom. The van der Waals surface area contributed by atoms with Crippen LogP contribution >= 0.6 is 0 Å². The van der Waals surface area contributed by atoms with E-state index in [0.717, 1.165) is 38.2 Å². The minimum atomic E-state index is 0.190. The molecule has 0 aliphatic heterocycles. The van der Waals surface area contributed by atoms with Crippen LogP contribution in [0.1, 0.15) is 47.7 Å². The van der Waals surface area contributed by atoms with Crippen molar-refractivity contribution in [3.8, 4) is 0 Å². The van der Waals surface area contributed by atoms with Gasteiger partial charge in [0.15, 0.2) is 5.78 Å². The molecule has 0 saturated carbocycles. The highest BCUT2D eigenvalue weighted by molar-refractivity contribution is 5.97. The summed E-state index contributed by atoms with van der Waals surface area (Å²) in [5.74, 6) is 0.190. The van der Waals surface area contributed by atoms with Gasteiger partial charge in [-0.2, -0.15) is 0 Å². The van der Waals surface area contributed by atoms with Gasteiger partial charge in [-0.05, 0) is 62.8 Å². The Hall–Kier alpha value is -1.19. The molecule has 0 aromatic heterocycles. The summed E-state index contributed by atoms with van der Waals surface area (Å²) in [4.78, 5) is 12.1. The maximum absolute atomic E-state index is 12.1. The number of ketones is 1. The third-order valence-corrected chi connectivity index (χ3v) is 3.80. The van der Waals surface area contributed by atoms with Crippen LogP contribution in [0.15, 0.2) is 18.2 Å². The van der Waals surface area contributed by atoms with Crippen LogP contribution in [0.25, 0.3) is 0 Å². The first-order valence-electron chi connectivity index (χ1n) is 7.74. The second-order valence-corrected chi connectivity index (χ2v) is 5.34. The number of hydrogen-bond acceptors (Lipinski definition) is 3. The molecule has 1 N–H and O–H groups in total. The summed E-state index contributed by atoms with van der Waals surface area (Å²) in [5, 5.41) is 3.19. The first-order valence-corrected chi connectivity index (χ1v) is 7.74. The van der Waals surface area contributed by atoms with E-state index in [4.69, 9.17) is 4.74 Å². The van der Waals surface area contributed by atoms with Crippen LogP contribution in [0.2, 0.25) is 0 Å². The summed E-state index contributed by atoms with van der Waals surface area (Å²) < 4.78 is 5.26. The number of ether oxygens (including phenoxy) is 1. The molecule has 0 heterocycles. The van der Waals surface area contributed by atoms with E-state index >= 15 is 0 Å². The van der Waals surface area contributed by atoms with Crippen molar-refractivity contribution in [2.75, 3.05) is 26.3 Å². The fourth-order valence-corrected chi connectivity index (χ4v) is 2.65. The van der Waals surface area contributed by atoms with Gasteiger partial charge in [-0.1, -0.05) is 12.1 Å². The first-order chi connectivity index (χ1) is 9.81. The van der Waals surface area contributed by atoms with Crippen molar-refractivity contribution >= 4 is 5.78 Å². The van der Waals surface area contributed by atoms with Crippen LogP contribution < -0.4 is 5.32 Å². The molecule has 0 bridgehead atoms. The highest BCUT2D eigenvalue weighted by atomic mass is 16.5. The van der Waals surface area contributed by atoms with Crippen molar-refractivity contribution in [2.45, 2.75) is 39.0 Å². The number of benzene rings is 1. The zero-order valence-corrected chi connectivity index (χ0v) is 12.4. The predicted octanol–water partition coefficient (Wildman–Crippen LogP) is 2.76. The van der Waals surface area contributed by atoms with Crippen LogP contribution in [0.5, 0.6) is 0 Å². The molecule has 0 spiro atoms. The molecular formula is C17H25NO2. The van der Waals surface area contributed by atoms with Crippen molar-refractivity contribution < 1.29 is 9.53 Å². The molecule has 1 aliphatic rings. The topological polar surface area (TPSA) is 38.3 Å². The Morgan fingerprint density at radius 2 is 2.05 bits per heavy atom. The number of Topliss-reactive ketones (excluding diaryl/α,β-unsaturated/α-hetero) is 1. The smallest absolute Gasteiger partial charge is 0.176 e. The molecule has 0 saturated heterocycles. The maximum atomic E-state index is 12.1. The van der Waals surface area contributed by atoms with E-state index in [9.17, 15) is 4.79 Å². The monoisotopic (exact) mass is 275 g/mol. The van der Waals surface area contributed by atoms with Gasteiger partial charge in [0.1, 0.15) is 0 Å². The zero-order chi connectivity index (χ0) is 14.2. The molecule has 0 unspecified atom stereocenters. The van der Waals surface area contributed by atoms with Crippen LogP contribution in [0, 0.1) is 0 Å². The summed E-state index contributed by atoms with van der Waals surface area (Å²) in [7, 11) is 0. The lowest BCUT2D eigenvalue weighted by atomic mass is 9.90. The molecule has 1 aromatic carbocycles. The van der Waals surface area contributed by atoms with E-state index in [-0.39, 0.29) is 5.78 Å². The van der Waals surface area contributed by atoms with Crippen molar-refractivity contribution in [3.63, 3.8) is 0 Å². The van der Waals surface area contributed by atoms with Crippen molar-refractivity contribution in [3.05, 3.63) is 34.9 Å². The van der Waals surface area contributed by atoms with Crippen molar-refractivity contribution in [2.24, 2.45) is 0 Å². The number of fused-ring (bicyclic) bond motifs is 1. The van der Waals surface area contributed by atoms with Gasteiger partial charge in [-0.25, -0.2) is 0 Å². The largest absolute Gasteiger partial charge is 0.382 e. The van der Waals surface area contributed by atoms with E-state index in [1.165, 1.54) is 30.4 Å². The number of carbonyl (C=O) groups is 1. The third kappa shape index (κ3) is 4.43. The van der Waals surface area contributed by atoms with Gasteiger partial charge in [-0.15, -0.1) is 0 Å². The fourth-order valence-electron chi connectivity index (χ4n) is 2.65. The minimum Gasteiger partial charge on any atom is -0.382 e. The van der Waals surface area contributed by atoms with Gasteiger partial charge < -0.3 is 10.1 Å². The van der Waals surface area contributed by atoms with E-state index in [2.05, 4.69) is 17.4 Å². The number of aryl methyl sites for hydroxylation is 2. The second-order valence-electron chi connectivity index (χ2n) is 5.34. The van der Waals surface area contributed by atoms with E-state index < -0.39 is 0 Å². The number of carbonyl (C=O) groups excluding carboxylic acids is 1. The predicted molar refractivity (Wildman–Crippen MR) is 81.4 cm³/mol. The maximum Gasteiger partial charge on any atom is 0.176 e. The normalized spacial score (nSPS) is 14.1. The first kappa shape index (κ1) is 15.2. The molecule has 0 atom stereocenters. The molecule has 110 valence electrons. The van der Waals surface area contributed by atoms with E-state index in [1.807, 2.05) is 13.0 Å². The summed E-state index contributed by atoms with van der Waals surface area (Å²) in [6.07, 6.45) is 5.77. The number of hydrogen-bond donors (Lipinski definition) is 1. The Labute approximate surface area is 121 Å². The quantitative estimate of drug-likeness (QED) is 0.585. The molecular weight excluding hydrogens is 250 g/mol. The van der Waals surface area contributed by atoms with Gasteiger partial charge in [0.25, 0.3) is 0 Å². The second kappa shape index (κ2) is 8.18. The Morgan fingerprint density at radius 1 is 1.25 bits per heavy atom. The molecule has 0 fully saturated rings. The zero-order valence-electron chi connectivity index (χ0n) is 12.4. The lowest BCUT2D eigenvalue weighted by Gasteiger charge is -2.16. The highest BCUT2D eigenvalue weighted by Crippen LogP contribution is 2.22. The number of nitrogens with one attached hydrogen (secondary N) is 1. The minimum absolute atomic E-state index is 0.190. The average molecular weight is 275 g/mol. The van der Waals surface area contributed by atoms with Gasteiger partial charge in [0, 0.05) is 18.8 Å². The Kier molecular flexibility index (Phi) is 6.22. The number of rotatable bonds is 8.